The molecule has 1 aromatic carbocycles. The molecule has 2 heterocycles. The number of anilines is 1. The summed E-state index contributed by atoms with van der Waals surface area (Å²) in [4.78, 5) is 4.30. The Morgan fingerprint density at radius 2 is 2.06 bits per heavy atom. The van der Waals surface area contributed by atoms with Crippen molar-refractivity contribution in [3.8, 4) is 0 Å². The summed E-state index contributed by atoms with van der Waals surface area (Å²) in [6, 6.07) is 6.90. The lowest BCUT2D eigenvalue weighted by atomic mass is 9.99. The Morgan fingerprint density at radius 1 is 1.28 bits per heavy atom. The van der Waals surface area contributed by atoms with Gasteiger partial charge in [-0.3, -0.25) is 0 Å². The topological polar surface area (TPSA) is 34.2 Å². The van der Waals surface area contributed by atoms with Gasteiger partial charge in [0, 0.05) is 11.7 Å². The van der Waals surface area contributed by atoms with Crippen molar-refractivity contribution in [3.05, 3.63) is 23.7 Å². The normalized spacial score (nSPS) is 28.4. The standard InChI is InChI=1S/C14H18N2OS/c1-9-5-12(6-10(2)17-9)16-11-3-4-13-14(7-11)18-8-15-13/h3-4,7-10,12,16H,5-6H2,1-2H3. The van der Waals surface area contributed by atoms with Gasteiger partial charge in [0.2, 0.25) is 0 Å². The molecule has 0 bridgehead atoms. The van der Waals surface area contributed by atoms with E-state index in [1.54, 1.807) is 11.3 Å². The lowest BCUT2D eigenvalue weighted by Crippen LogP contribution is -2.36. The third kappa shape index (κ3) is 2.49. The Bertz CT molecular complexity index is 529. The van der Waals surface area contributed by atoms with Crippen LogP contribution in [0.2, 0.25) is 0 Å². The monoisotopic (exact) mass is 262 g/mol. The van der Waals surface area contributed by atoms with Gasteiger partial charge in [-0.2, -0.15) is 0 Å². The highest BCUT2D eigenvalue weighted by atomic mass is 32.1. The molecule has 1 aromatic heterocycles. The molecule has 0 aliphatic carbocycles. The highest BCUT2D eigenvalue weighted by Crippen LogP contribution is 2.26. The first kappa shape index (κ1) is 11.9. The number of nitrogens with zero attached hydrogens (tertiary/aromatic N) is 1. The lowest BCUT2D eigenvalue weighted by molar-refractivity contribution is -0.0337. The van der Waals surface area contributed by atoms with Crippen LogP contribution in [0.3, 0.4) is 0 Å². The van der Waals surface area contributed by atoms with Gasteiger partial charge in [-0.15, -0.1) is 11.3 Å². The number of hydrogen-bond donors (Lipinski definition) is 1. The van der Waals surface area contributed by atoms with Crippen LogP contribution in [0, 0.1) is 0 Å². The summed E-state index contributed by atoms with van der Waals surface area (Å²) in [5.74, 6) is 0. The quantitative estimate of drug-likeness (QED) is 0.896. The second kappa shape index (κ2) is 4.86. The highest BCUT2D eigenvalue weighted by Gasteiger charge is 2.24. The maximum Gasteiger partial charge on any atom is 0.0813 e. The summed E-state index contributed by atoms with van der Waals surface area (Å²) in [6.45, 7) is 4.30. The van der Waals surface area contributed by atoms with Gasteiger partial charge in [0.1, 0.15) is 0 Å². The molecule has 0 amide bonds. The molecule has 1 saturated heterocycles. The van der Waals surface area contributed by atoms with Crippen molar-refractivity contribution in [1.82, 2.24) is 4.98 Å². The fourth-order valence-electron chi connectivity index (χ4n) is 2.70. The maximum atomic E-state index is 5.76. The van der Waals surface area contributed by atoms with Crippen LogP contribution in [0.1, 0.15) is 26.7 Å². The van der Waals surface area contributed by atoms with Gasteiger partial charge < -0.3 is 10.1 Å². The molecule has 2 aromatic rings. The number of rotatable bonds is 2. The molecule has 1 fully saturated rings. The van der Waals surface area contributed by atoms with Crippen LogP contribution in [0.25, 0.3) is 10.2 Å². The molecule has 96 valence electrons. The number of fused-ring (bicyclic) bond motifs is 1. The van der Waals surface area contributed by atoms with E-state index in [2.05, 4.69) is 42.3 Å². The van der Waals surface area contributed by atoms with Crippen LogP contribution >= 0.6 is 11.3 Å². The molecule has 2 atom stereocenters. The van der Waals surface area contributed by atoms with E-state index < -0.39 is 0 Å². The number of ether oxygens (including phenoxy) is 1. The zero-order chi connectivity index (χ0) is 12.5. The number of benzene rings is 1. The molecule has 1 aliphatic heterocycles. The summed E-state index contributed by atoms with van der Waals surface area (Å²) < 4.78 is 7.01. The smallest absolute Gasteiger partial charge is 0.0813 e. The molecule has 0 spiro atoms. The van der Waals surface area contributed by atoms with Crippen LogP contribution < -0.4 is 5.32 Å². The van der Waals surface area contributed by atoms with Crippen LogP contribution in [0.4, 0.5) is 5.69 Å². The van der Waals surface area contributed by atoms with Gasteiger partial charge in [-0.25, -0.2) is 4.98 Å². The van der Waals surface area contributed by atoms with E-state index >= 15 is 0 Å². The van der Waals surface area contributed by atoms with E-state index in [1.807, 2.05) is 5.51 Å². The minimum atomic E-state index is 0.346. The van der Waals surface area contributed by atoms with E-state index in [4.69, 9.17) is 4.74 Å². The number of aromatic nitrogens is 1. The third-order valence-electron chi connectivity index (χ3n) is 3.40. The highest BCUT2D eigenvalue weighted by molar-refractivity contribution is 7.16. The Labute approximate surface area is 111 Å². The second-order valence-corrected chi connectivity index (χ2v) is 5.99. The van der Waals surface area contributed by atoms with Gasteiger partial charge in [-0.1, -0.05) is 0 Å². The molecule has 0 saturated carbocycles. The van der Waals surface area contributed by atoms with Gasteiger partial charge in [0.15, 0.2) is 0 Å². The average Bonchev–Trinajstić information content (AvgIpc) is 2.74. The summed E-state index contributed by atoms with van der Waals surface area (Å²) in [7, 11) is 0. The van der Waals surface area contributed by atoms with Crippen molar-refractivity contribution in [2.24, 2.45) is 0 Å². The predicted molar refractivity (Wildman–Crippen MR) is 76.3 cm³/mol. The summed E-state index contributed by atoms with van der Waals surface area (Å²) in [5.41, 5.74) is 4.17. The Hall–Kier alpha value is -1.13. The Morgan fingerprint density at radius 3 is 2.83 bits per heavy atom. The zero-order valence-corrected chi connectivity index (χ0v) is 11.5. The number of thiazole rings is 1. The molecule has 1 N–H and O–H groups in total. The predicted octanol–water partition coefficient (Wildman–Crippen LogP) is 3.66. The molecular formula is C14H18N2OS. The largest absolute Gasteiger partial charge is 0.382 e. The van der Waals surface area contributed by atoms with Crippen molar-refractivity contribution in [1.29, 1.82) is 0 Å². The van der Waals surface area contributed by atoms with Crippen LogP contribution in [0.5, 0.6) is 0 Å². The molecule has 1 aliphatic rings. The molecule has 4 heteroatoms. The summed E-state index contributed by atoms with van der Waals surface area (Å²) >= 11 is 1.69. The van der Waals surface area contributed by atoms with E-state index in [0.717, 1.165) is 18.4 Å². The Balaban J connectivity index is 1.74. The van der Waals surface area contributed by atoms with Crippen molar-refractivity contribution in [2.75, 3.05) is 5.32 Å². The minimum Gasteiger partial charge on any atom is -0.382 e. The number of nitrogens with one attached hydrogen (secondary N) is 1. The van der Waals surface area contributed by atoms with Crippen molar-refractivity contribution in [2.45, 2.75) is 44.9 Å². The molecule has 0 radical (unpaired) electrons. The summed E-state index contributed by atoms with van der Waals surface area (Å²) in [5, 5.41) is 3.62. The fraction of sp³-hybridized carbons (Fsp3) is 0.500. The fourth-order valence-corrected chi connectivity index (χ4v) is 3.42. The molecule has 3 rings (SSSR count). The zero-order valence-electron chi connectivity index (χ0n) is 10.7. The lowest BCUT2D eigenvalue weighted by Gasteiger charge is -2.33. The number of hydrogen-bond acceptors (Lipinski definition) is 4. The first-order chi connectivity index (χ1) is 8.70. The third-order valence-corrected chi connectivity index (χ3v) is 4.19. The van der Waals surface area contributed by atoms with Gasteiger partial charge in [-0.05, 0) is 44.9 Å². The maximum absolute atomic E-state index is 5.76. The van der Waals surface area contributed by atoms with E-state index in [0.29, 0.717) is 18.2 Å². The molecule has 18 heavy (non-hydrogen) atoms. The summed E-state index contributed by atoms with van der Waals surface area (Å²) in [6.07, 6.45) is 2.84. The van der Waals surface area contributed by atoms with Crippen molar-refractivity contribution >= 4 is 27.2 Å². The van der Waals surface area contributed by atoms with E-state index in [9.17, 15) is 0 Å². The van der Waals surface area contributed by atoms with E-state index in [-0.39, 0.29) is 0 Å². The Kier molecular flexibility index (Phi) is 3.22. The molecular weight excluding hydrogens is 244 g/mol. The molecule has 2 unspecified atom stereocenters. The average molecular weight is 262 g/mol. The van der Waals surface area contributed by atoms with Crippen LogP contribution in [0.15, 0.2) is 23.7 Å². The van der Waals surface area contributed by atoms with E-state index in [1.165, 1.54) is 10.4 Å². The van der Waals surface area contributed by atoms with Gasteiger partial charge in [0.25, 0.3) is 0 Å². The van der Waals surface area contributed by atoms with Crippen LogP contribution in [-0.4, -0.2) is 23.2 Å². The minimum absolute atomic E-state index is 0.346. The van der Waals surface area contributed by atoms with Crippen molar-refractivity contribution < 1.29 is 4.74 Å². The molecule has 3 nitrogen and oxygen atoms in total. The van der Waals surface area contributed by atoms with Gasteiger partial charge >= 0.3 is 0 Å². The second-order valence-electron chi connectivity index (χ2n) is 5.10. The first-order valence-electron chi connectivity index (χ1n) is 6.46. The van der Waals surface area contributed by atoms with Crippen LogP contribution in [-0.2, 0) is 4.74 Å². The first-order valence-corrected chi connectivity index (χ1v) is 7.34. The SMILES string of the molecule is CC1CC(Nc2ccc3ncsc3c2)CC(C)O1. The van der Waals surface area contributed by atoms with Gasteiger partial charge in [0.05, 0.1) is 27.9 Å². The van der Waals surface area contributed by atoms with Crippen molar-refractivity contribution in [3.63, 3.8) is 0 Å².